The largest absolute Gasteiger partial charge is 0.472 e. The molecule has 0 aliphatic carbocycles. The molecule has 3 unspecified atom stereocenters. The van der Waals surface area contributed by atoms with Gasteiger partial charge in [-0.2, -0.15) is 0 Å². The van der Waals surface area contributed by atoms with E-state index in [1.807, 2.05) is 0 Å². The average Bonchev–Trinajstić information content (AvgIpc) is 1.05. The standard InChI is InChI=1S/C84H164O17P2/c1-8-10-11-12-13-14-15-16-24-30-39-46-53-60-67-83(88)101-80(72-95-82(87)66-59-52-45-38-33-32-35-42-49-56-63-76(5)6)74-99-103(92,93)97-70-78(85)69-96-102(90,91)98-73-79(100-84(89)68-61-54-47-40-31-26-19-17-18-22-27-34-41-48-55-62-75(3)4)71-94-81(86)65-58-51-44-37-29-25-21-20-23-28-36-43-50-57-64-77(7)9-2/h75-80,85H,8-74H2,1-7H3,(H,90,91)(H,92,93)/t77?,78-,79-,80-/m1/s1. The van der Waals surface area contributed by atoms with Crippen molar-refractivity contribution in [2.24, 2.45) is 17.8 Å². The molecule has 0 aliphatic heterocycles. The van der Waals surface area contributed by atoms with Crippen LogP contribution < -0.4 is 0 Å². The maximum atomic E-state index is 13.1. The molecular weight excluding hydrogens is 1340 g/mol. The molecule has 0 bridgehead atoms. The first-order valence-electron chi connectivity index (χ1n) is 43.4. The highest BCUT2D eigenvalue weighted by Gasteiger charge is 2.30. The van der Waals surface area contributed by atoms with E-state index in [1.54, 1.807) is 0 Å². The molecule has 103 heavy (non-hydrogen) atoms. The molecule has 612 valence electrons. The SMILES string of the molecule is CCCCCCCCCCCCCCCCC(=O)O[C@H](COC(=O)CCCCCCCCCCCCC(C)C)COP(=O)(O)OC[C@H](O)COP(=O)(O)OC[C@@H](COC(=O)CCCCCCCCCCCCCCCCC(C)CC)OC(=O)CCCCCCCCCCCCCCCCCC(C)C. The summed E-state index contributed by atoms with van der Waals surface area (Å²) in [4.78, 5) is 73.2. The number of ether oxygens (including phenoxy) is 4. The zero-order valence-electron chi connectivity index (χ0n) is 67.8. The second-order valence-corrected chi connectivity index (χ2v) is 34.3. The van der Waals surface area contributed by atoms with Gasteiger partial charge in [-0.05, 0) is 43.4 Å². The third-order valence-electron chi connectivity index (χ3n) is 20.0. The molecule has 0 heterocycles. The summed E-state index contributed by atoms with van der Waals surface area (Å²) in [5.74, 6) is 0.307. The molecule has 0 fully saturated rings. The van der Waals surface area contributed by atoms with Crippen LogP contribution in [0.5, 0.6) is 0 Å². The molecule has 6 atom stereocenters. The smallest absolute Gasteiger partial charge is 0.462 e. The van der Waals surface area contributed by atoms with Crippen molar-refractivity contribution >= 4 is 39.5 Å². The van der Waals surface area contributed by atoms with Crippen LogP contribution in [-0.2, 0) is 65.4 Å². The van der Waals surface area contributed by atoms with Gasteiger partial charge >= 0.3 is 39.5 Å². The van der Waals surface area contributed by atoms with Gasteiger partial charge in [0.25, 0.3) is 0 Å². The molecule has 0 spiro atoms. The van der Waals surface area contributed by atoms with Crippen LogP contribution in [0.25, 0.3) is 0 Å². The third-order valence-corrected chi connectivity index (χ3v) is 21.9. The van der Waals surface area contributed by atoms with Crippen molar-refractivity contribution < 1.29 is 80.2 Å². The summed E-state index contributed by atoms with van der Waals surface area (Å²) >= 11 is 0. The number of hydrogen-bond donors (Lipinski definition) is 3. The van der Waals surface area contributed by atoms with Crippen molar-refractivity contribution in [3.8, 4) is 0 Å². The summed E-state index contributed by atoms with van der Waals surface area (Å²) in [5, 5.41) is 10.7. The minimum atomic E-state index is -4.97. The average molecular weight is 1510 g/mol. The number of aliphatic hydroxyl groups excluding tert-OH is 1. The lowest BCUT2D eigenvalue weighted by Crippen LogP contribution is -2.30. The molecule has 0 aromatic heterocycles. The van der Waals surface area contributed by atoms with E-state index in [-0.39, 0.29) is 25.7 Å². The molecule has 0 aromatic carbocycles. The summed E-state index contributed by atoms with van der Waals surface area (Å²) in [6.07, 6.45) is 63.6. The fourth-order valence-electron chi connectivity index (χ4n) is 13.0. The van der Waals surface area contributed by atoms with Crippen LogP contribution in [0.2, 0.25) is 0 Å². The van der Waals surface area contributed by atoms with Crippen LogP contribution in [-0.4, -0.2) is 96.7 Å². The van der Waals surface area contributed by atoms with E-state index < -0.39 is 97.5 Å². The molecule has 0 aliphatic rings. The monoisotopic (exact) mass is 1510 g/mol. The van der Waals surface area contributed by atoms with Gasteiger partial charge in [0, 0.05) is 25.7 Å². The predicted octanol–water partition coefficient (Wildman–Crippen LogP) is 25.3. The first kappa shape index (κ1) is 101. The van der Waals surface area contributed by atoms with E-state index in [1.165, 1.54) is 250 Å². The van der Waals surface area contributed by atoms with Crippen molar-refractivity contribution in [3.05, 3.63) is 0 Å². The van der Waals surface area contributed by atoms with E-state index >= 15 is 0 Å². The Morgan fingerprint density at radius 2 is 0.495 bits per heavy atom. The number of hydrogen-bond acceptors (Lipinski definition) is 15. The summed E-state index contributed by atoms with van der Waals surface area (Å²) < 4.78 is 68.9. The summed E-state index contributed by atoms with van der Waals surface area (Å²) in [6.45, 7) is 12.0. The Kier molecular flexibility index (Phi) is 72.8. The van der Waals surface area contributed by atoms with E-state index in [2.05, 4.69) is 48.5 Å². The van der Waals surface area contributed by atoms with Crippen LogP contribution >= 0.6 is 15.6 Å². The lowest BCUT2D eigenvalue weighted by molar-refractivity contribution is -0.161. The lowest BCUT2D eigenvalue weighted by atomic mass is 9.99. The maximum Gasteiger partial charge on any atom is 0.472 e. The zero-order valence-corrected chi connectivity index (χ0v) is 69.6. The van der Waals surface area contributed by atoms with Gasteiger partial charge in [0.05, 0.1) is 26.4 Å². The second-order valence-electron chi connectivity index (χ2n) is 31.4. The second kappa shape index (κ2) is 74.2. The van der Waals surface area contributed by atoms with Gasteiger partial charge in [-0.1, -0.05) is 389 Å². The molecule has 3 N–H and O–H groups in total. The Morgan fingerprint density at radius 1 is 0.282 bits per heavy atom. The van der Waals surface area contributed by atoms with E-state index in [0.717, 1.165) is 108 Å². The fraction of sp³-hybridized carbons (Fsp3) is 0.952. The summed E-state index contributed by atoms with van der Waals surface area (Å²) in [6, 6.07) is 0. The number of phosphoric ester groups is 2. The van der Waals surface area contributed by atoms with Gasteiger partial charge in [-0.15, -0.1) is 0 Å². The number of unbranched alkanes of at least 4 members (excludes halogenated alkanes) is 49. The molecule has 19 heteroatoms. The molecule has 17 nitrogen and oxygen atoms in total. The minimum Gasteiger partial charge on any atom is -0.462 e. The highest BCUT2D eigenvalue weighted by atomic mass is 31.2. The van der Waals surface area contributed by atoms with Crippen LogP contribution in [0.15, 0.2) is 0 Å². The number of rotatable bonds is 82. The van der Waals surface area contributed by atoms with Crippen molar-refractivity contribution in [2.75, 3.05) is 39.6 Å². The van der Waals surface area contributed by atoms with Gasteiger partial charge in [0.1, 0.15) is 19.3 Å². The quantitative estimate of drug-likeness (QED) is 0.0222. The number of carbonyl (C=O) groups excluding carboxylic acids is 4. The van der Waals surface area contributed by atoms with Crippen molar-refractivity contribution in [1.29, 1.82) is 0 Å². The fourth-order valence-corrected chi connectivity index (χ4v) is 14.6. The van der Waals surface area contributed by atoms with Crippen LogP contribution in [0.3, 0.4) is 0 Å². The van der Waals surface area contributed by atoms with Crippen LogP contribution in [0.1, 0.15) is 440 Å². The number of esters is 4. The Hall–Kier alpha value is -1.94. The summed E-state index contributed by atoms with van der Waals surface area (Å²) in [5.41, 5.74) is 0. The Balaban J connectivity index is 5.27. The predicted molar refractivity (Wildman–Crippen MR) is 423 cm³/mol. The first-order chi connectivity index (χ1) is 49.8. The molecule has 0 amide bonds. The molecule has 0 radical (unpaired) electrons. The lowest BCUT2D eigenvalue weighted by Gasteiger charge is -2.21. The first-order valence-corrected chi connectivity index (χ1v) is 46.4. The van der Waals surface area contributed by atoms with E-state index in [0.29, 0.717) is 25.7 Å². The Bertz CT molecular complexity index is 1990. The van der Waals surface area contributed by atoms with Gasteiger partial charge in [-0.3, -0.25) is 37.3 Å². The van der Waals surface area contributed by atoms with Crippen LogP contribution in [0, 0.1) is 17.8 Å². The van der Waals surface area contributed by atoms with Crippen molar-refractivity contribution in [3.63, 3.8) is 0 Å². The van der Waals surface area contributed by atoms with Gasteiger partial charge in [0.15, 0.2) is 12.2 Å². The highest BCUT2D eigenvalue weighted by Crippen LogP contribution is 2.45. The molecule has 0 saturated heterocycles. The number of aliphatic hydroxyl groups is 1. The van der Waals surface area contributed by atoms with Crippen molar-refractivity contribution in [2.45, 2.75) is 458 Å². The minimum absolute atomic E-state index is 0.108. The third kappa shape index (κ3) is 76.6. The Morgan fingerprint density at radius 3 is 0.738 bits per heavy atom. The van der Waals surface area contributed by atoms with Gasteiger partial charge < -0.3 is 33.8 Å². The van der Waals surface area contributed by atoms with E-state index in [4.69, 9.17) is 37.0 Å². The molecule has 0 saturated carbocycles. The maximum absolute atomic E-state index is 13.1. The molecule has 0 aromatic rings. The van der Waals surface area contributed by atoms with Crippen molar-refractivity contribution in [1.82, 2.24) is 0 Å². The highest BCUT2D eigenvalue weighted by molar-refractivity contribution is 7.47. The summed E-state index contributed by atoms with van der Waals surface area (Å²) in [7, 11) is -9.93. The number of carbonyl (C=O) groups is 4. The topological polar surface area (TPSA) is 237 Å². The van der Waals surface area contributed by atoms with Crippen LogP contribution in [0.4, 0.5) is 0 Å². The normalized spacial score (nSPS) is 14.2. The molecule has 0 rings (SSSR count). The van der Waals surface area contributed by atoms with E-state index in [9.17, 15) is 43.2 Å². The van der Waals surface area contributed by atoms with Gasteiger partial charge in [-0.25, -0.2) is 9.13 Å². The zero-order chi connectivity index (χ0) is 75.8. The number of phosphoric acid groups is 2. The molecular formula is C84H164O17P2. The Labute approximate surface area is 632 Å². The van der Waals surface area contributed by atoms with Gasteiger partial charge in [0.2, 0.25) is 0 Å².